The molecule has 0 saturated carbocycles. The van der Waals surface area contributed by atoms with Gasteiger partial charge in [0, 0.05) is 24.9 Å². The minimum absolute atomic E-state index is 0.206. The molecule has 7 heteroatoms. The van der Waals surface area contributed by atoms with Crippen LogP contribution in [-0.4, -0.2) is 48.0 Å². The summed E-state index contributed by atoms with van der Waals surface area (Å²) in [7, 11) is 1.34. The number of hydrogen-bond acceptors (Lipinski definition) is 5. The third kappa shape index (κ3) is 4.16. The number of benzene rings is 1. The van der Waals surface area contributed by atoms with Gasteiger partial charge in [-0.3, -0.25) is 9.59 Å². The summed E-state index contributed by atoms with van der Waals surface area (Å²) in [5.74, 6) is 0.633. The van der Waals surface area contributed by atoms with Crippen LogP contribution >= 0.6 is 11.8 Å². The van der Waals surface area contributed by atoms with E-state index in [1.165, 1.54) is 31.0 Å². The van der Waals surface area contributed by atoms with Crippen molar-refractivity contribution in [3.05, 3.63) is 54.1 Å². The lowest BCUT2D eigenvalue weighted by molar-refractivity contribution is -0.140. The predicted molar refractivity (Wildman–Crippen MR) is 98.0 cm³/mol. The molecule has 2 aromatic rings. The van der Waals surface area contributed by atoms with Gasteiger partial charge in [-0.25, -0.2) is 4.39 Å². The van der Waals surface area contributed by atoms with Gasteiger partial charge in [-0.05, 0) is 30.3 Å². The van der Waals surface area contributed by atoms with Crippen molar-refractivity contribution in [2.45, 2.75) is 5.25 Å². The van der Waals surface area contributed by atoms with E-state index in [-0.39, 0.29) is 22.9 Å². The summed E-state index contributed by atoms with van der Waals surface area (Å²) in [5, 5.41) is -0.359. The number of esters is 1. The van der Waals surface area contributed by atoms with Gasteiger partial charge in [0.1, 0.15) is 22.6 Å². The highest BCUT2D eigenvalue weighted by Gasteiger charge is 2.28. The standard InChI is InChI=1S/C19H18FNO4S/c1-24-19(23)17-12-21(10-11-26-17)18(22)9-7-13-6-8-16(25-13)14-4-2-3-5-15(14)20/h2-9,17H,10-12H2,1H3/b9-7+/t17-/m0/s1. The van der Waals surface area contributed by atoms with Crippen molar-refractivity contribution in [1.82, 2.24) is 4.90 Å². The smallest absolute Gasteiger partial charge is 0.320 e. The number of thioether (sulfide) groups is 1. The lowest BCUT2D eigenvalue weighted by atomic mass is 10.1. The molecule has 0 N–H and O–H groups in total. The zero-order valence-electron chi connectivity index (χ0n) is 14.2. The summed E-state index contributed by atoms with van der Waals surface area (Å²) in [6.45, 7) is 0.888. The van der Waals surface area contributed by atoms with Crippen molar-refractivity contribution in [3.8, 4) is 11.3 Å². The molecule has 1 aromatic carbocycles. The fourth-order valence-electron chi connectivity index (χ4n) is 2.63. The fraction of sp³-hybridized carbons (Fsp3) is 0.263. The average Bonchev–Trinajstić information content (AvgIpc) is 3.14. The summed E-state index contributed by atoms with van der Waals surface area (Å²) in [5.41, 5.74) is 0.368. The SMILES string of the molecule is COC(=O)[C@@H]1CN(C(=O)/C=C/c2ccc(-c3ccccc3F)o2)CCS1. The number of nitrogens with zero attached hydrogens (tertiary/aromatic N) is 1. The van der Waals surface area contributed by atoms with Gasteiger partial charge in [0.15, 0.2) is 0 Å². The minimum atomic E-state index is -0.367. The van der Waals surface area contributed by atoms with Gasteiger partial charge in [0.05, 0.1) is 12.7 Å². The van der Waals surface area contributed by atoms with Crippen LogP contribution in [0.3, 0.4) is 0 Å². The van der Waals surface area contributed by atoms with Gasteiger partial charge in [0.25, 0.3) is 0 Å². The van der Waals surface area contributed by atoms with Gasteiger partial charge in [-0.1, -0.05) is 12.1 Å². The van der Waals surface area contributed by atoms with E-state index in [0.29, 0.717) is 35.9 Å². The van der Waals surface area contributed by atoms with E-state index in [4.69, 9.17) is 9.15 Å². The normalized spacial score (nSPS) is 17.5. The Bertz CT molecular complexity index is 832. The Labute approximate surface area is 154 Å². The van der Waals surface area contributed by atoms with Gasteiger partial charge < -0.3 is 14.1 Å². The number of rotatable bonds is 4. The van der Waals surface area contributed by atoms with Crippen LogP contribution in [0.25, 0.3) is 17.4 Å². The minimum Gasteiger partial charge on any atom is -0.468 e. The topological polar surface area (TPSA) is 59.8 Å². The van der Waals surface area contributed by atoms with E-state index in [9.17, 15) is 14.0 Å². The quantitative estimate of drug-likeness (QED) is 0.607. The van der Waals surface area contributed by atoms with E-state index >= 15 is 0 Å². The number of carbonyl (C=O) groups excluding carboxylic acids is 2. The second-order valence-corrected chi connectivity index (χ2v) is 6.99. The maximum Gasteiger partial charge on any atom is 0.320 e. The average molecular weight is 375 g/mol. The van der Waals surface area contributed by atoms with Crippen molar-refractivity contribution in [2.24, 2.45) is 0 Å². The first kappa shape index (κ1) is 18.3. The van der Waals surface area contributed by atoms with Crippen LogP contribution in [0.15, 0.2) is 46.9 Å². The summed E-state index contributed by atoms with van der Waals surface area (Å²) in [6, 6.07) is 9.67. The monoisotopic (exact) mass is 375 g/mol. The largest absolute Gasteiger partial charge is 0.468 e. The molecule has 1 saturated heterocycles. The molecule has 1 aromatic heterocycles. The molecule has 5 nitrogen and oxygen atoms in total. The molecule has 0 unspecified atom stereocenters. The number of furan rings is 1. The molecule has 1 aliphatic heterocycles. The Morgan fingerprint density at radius 2 is 2.12 bits per heavy atom. The second-order valence-electron chi connectivity index (χ2n) is 5.68. The Morgan fingerprint density at radius 3 is 2.88 bits per heavy atom. The van der Waals surface area contributed by atoms with Crippen LogP contribution in [0.5, 0.6) is 0 Å². The summed E-state index contributed by atoms with van der Waals surface area (Å²) < 4.78 is 24.1. The van der Waals surface area contributed by atoms with E-state index in [1.54, 1.807) is 41.3 Å². The van der Waals surface area contributed by atoms with Crippen LogP contribution in [0.1, 0.15) is 5.76 Å². The van der Waals surface area contributed by atoms with Crippen LogP contribution in [-0.2, 0) is 14.3 Å². The number of amides is 1. The first-order chi connectivity index (χ1) is 12.6. The van der Waals surface area contributed by atoms with Crippen LogP contribution in [0, 0.1) is 5.82 Å². The lowest BCUT2D eigenvalue weighted by Crippen LogP contribution is -2.44. The molecule has 1 fully saturated rings. The molecule has 0 radical (unpaired) electrons. The second kappa shape index (κ2) is 8.23. The van der Waals surface area contributed by atoms with Gasteiger partial charge in [0.2, 0.25) is 5.91 Å². The highest BCUT2D eigenvalue weighted by molar-refractivity contribution is 8.00. The summed E-state index contributed by atoms with van der Waals surface area (Å²) >= 11 is 1.49. The number of ether oxygens (including phenoxy) is 1. The molecular formula is C19H18FNO4S. The summed E-state index contributed by atoms with van der Waals surface area (Å²) in [6.07, 6.45) is 2.94. The van der Waals surface area contributed by atoms with Crippen molar-refractivity contribution >= 4 is 29.7 Å². The zero-order valence-corrected chi connectivity index (χ0v) is 15.0. The molecule has 1 atom stereocenters. The number of methoxy groups -OCH3 is 1. The Hall–Kier alpha value is -2.54. The van der Waals surface area contributed by atoms with Crippen molar-refractivity contribution in [2.75, 3.05) is 26.0 Å². The summed E-state index contributed by atoms with van der Waals surface area (Å²) in [4.78, 5) is 25.6. The Morgan fingerprint density at radius 1 is 1.31 bits per heavy atom. The fourth-order valence-corrected chi connectivity index (χ4v) is 3.76. The maximum absolute atomic E-state index is 13.8. The third-order valence-electron chi connectivity index (χ3n) is 4.00. The van der Waals surface area contributed by atoms with Gasteiger partial charge in [-0.2, -0.15) is 0 Å². The van der Waals surface area contributed by atoms with Crippen LogP contribution < -0.4 is 0 Å². The molecule has 136 valence electrons. The van der Waals surface area contributed by atoms with Crippen LogP contribution in [0.4, 0.5) is 4.39 Å². The number of carbonyl (C=O) groups is 2. The van der Waals surface area contributed by atoms with Crippen molar-refractivity contribution in [1.29, 1.82) is 0 Å². The molecule has 3 rings (SSSR count). The van der Waals surface area contributed by atoms with Crippen LogP contribution in [0.2, 0.25) is 0 Å². The highest BCUT2D eigenvalue weighted by atomic mass is 32.2. The molecule has 1 aliphatic rings. The molecule has 0 bridgehead atoms. The van der Waals surface area contributed by atoms with Gasteiger partial charge >= 0.3 is 5.97 Å². The molecule has 0 aliphatic carbocycles. The Kier molecular flexibility index (Phi) is 5.78. The predicted octanol–water partition coefficient (Wildman–Crippen LogP) is 3.22. The highest BCUT2D eigenvalue weighted by Crippen LogP contribution is 2.25. The first-order valence-electron chi connectivity index (χ1n) is 8.09. The molecule has 1 amide bonds. The van der Waals surface area contributed by atoms with Crippen molar-refractivity contribution in [3.63, 3.8) is 0 Å². The van der Waals surface area contributed by atoms with Crippen molar-refractivity contribution < 1.29 is 23.1 Å². The van der Waals surface area contributed by atoms with E-state index < -0.39 is 0 Å². The molecule has 2 heterocycles. The van der Waals surface area contributed by atoms with Gasteiger partial charge in [-0.15, -0.1) is 11.8 Å². The lowest BCUT2D eigenvalue weighted by Gasteiger charge is -2.30. The molecule has 26 heavy (non-hydrogen) atoms. The van der Waals surface area contributed by atoms with E-state index in [0.717, 1.165) is 0 Å². The number of hydrogen-bond donors (Lipinski definition) is 0. The molecule has 0 spiro atoms. The van der Waals surface area contributed by atoms with E-state index in [1.807, 2.05) is 0 Å². The maximum atomic E-state index is 13.8. The third-order valence-corrected chi connectivity index (χ3v) is 5.16. The zero-order chi connectivity index (χ0) is 18.5. The van der Waals surface area contributed by atoms with E-state index in [2.05, 4.69) is 0 Å². The molecular weight excluding hydrogens is 357 g/mol. The first-order valence-corrected chi connectivity index (χ1v) is 9.14. The number of halogens is 1. The Balaban J connectivity index is 1.66.